The molecule has 5 heterocycles. The standard InChI is InChI=1S/C27H27N5O/c33-27(31-16-12-19(13-17-31)22-18-29-25-21(22)10-7-14-28-25)24-23-11-5-2-6-15-32(23)26(30-24)20-8-3-1-4-9-20/h1,3-4,7-10,12,14,18H,2,5-6,11,13,15-17H2,(H,28,29). The molecule has 0 radical (unpaired) electrons. The molecule has 1 N–H and O–H groups in total. The average molecular weight is 438 g/mol. The molecule has 0 unspecified atom stereocenters. The molecule has 0 bridgehead atoms. The second-order valence-corrected chi connectivity index (χ2v) is 8.89. The van der Waals surface area contributed by atoms with Gasteiger partial charge < -0.3 is 14.5 Å². The van der Waals surface area contributed by atoms with Gasteiger partial charge in [-0.1, -0.05) is 42.8 Å². The highest BCUT2D eigenvalue weighted by Gasteiger charge is 2.28. The van der Waals surface area contributed by atoms with Crippen molar-refractivity contribution in [1.82, 2.24) is 24.4 Å². The van der Waals surface area contributed by atoms with Crippen LogP contribution in [0.2, 0.25) is 0 Å². The quantitative estimate of drug-likeness (QED) is 0.486. The molecule has 1 aromatic carbocycles. The van der Waals surface area contributed by atoms with Crippen LogP contribution < -0.4 is 0 Å². The van der Waals surface area contributed by atoms with Crippen molar-refractivity contribution in [2.24, 2.45) is 0 Å². The van der Waals surface area contributed by atoms with E-state index in [-0.39, 0.29) is 5.91 Å². The number of H-pyrrole nitrogens is 1. The summed E-state index contributed by atoms with van der Waals surface area (Å²) < 4.78 is 2.29. The molecule has 1 amide bonds. The summed E-state index contributed by atoms with van der Waals surface area (Å²) >= 11 is 0. The maximum atomic E-state index is 13.6. The molecule has 0 saturated heterocycles. The topological polar surface area (TPSA) is 66.8 Å². The molecule has 4 aromatic rings. The Labute approximate surface area is 193 Å². The number of rotatable bonds is 3. The van der Waals surface area contributed by atoms with Crippen molar-refractivity contribution in [2.45, 2.75) is 38.6 Å². The number of carbonyl (C=O) groups is 1. The van der Waals surface area contributed by atoms with Crippen molar-refractivity contribution in [1.29, 1.82) is 0 Å². The summed E-state index contributed by atoms with van der Waals surface area (Å²) in [6, 6.07) is 14.3. The fourth-order valence-corrected chi connectivity index (χ4v) is 5.17. The first-order chi connectivity index (χ1) is 16.3. The summed E-state index contributed by atoms with van der Waals surface area (Å²) in [4.78, 5) is 28.2. The predicted octanol–water partition coefficient (Wildman–Crippen LogP) is 5.08. The van der Waals surface area contributed by atoms with E-state index in [1.54, 1.807) is 6.20 Å². The van der Waals surface area contributed by atoms with E-state index < -0.39 is 0 Å². The Hall–Kier alpha value is -3.67. The second kappa shape index (κ2) is 8.35. The number of imidazole rings is 1. The van der Waals surface area contributed by atoms with Gasteiger partial charge in [0.1, 0.15) is 17.2 Å². The Morgan fingerprint density at radius 2 is 1.88 bits per heavy atom. The van der Waals surface area contributed by atoms with Crippen molar-refractivity contribution >= 4 is 22.5 Å². The summed E-state index contributed by atoms with van der Waals surface area (Å²) in [5, 5.41) is 1.13. The van der Waals surface area contributed by atoms with Gasteiger partial charge in [0.05, 0.1) is 5.69 Å². The third-order valence-corrected chi connectivity index (χ3v) is 6.90. The average Bonchev–Trinajstić information content (AvgIpc) is 3.38. The lowest BCUT2D eigenvalue weighted by molar-refractivity contribution is 0.0766. The van der Waals surface area contributed by atoms with Gasteiger partial charge in [-0.05, 0) is 43.4 Å². The Bertz CT molecular complexity index is 1350. The van der Waals surface area contributed by atoms with Crippen LogP contribution in [0.1, 0.15) is 47.4 Å². The van der Waals surface area contributed by atoms with Gasteiger partial charge in [-0.3, -0.25) is 4.79 Å². The van der Waals surface area contributed by atoms with Gasteiger partial charge in [0, 0.05) is 48.5 Å². The number of aromatic nitrogens is 4. The zero-order valence-corrected chi connectivity index (χ0v) is 18.6. The van der Waals surface area contributed by atoms with Crippen LogP contribution in [0.5, 0.6) is 0 Å². The minimum absolute atomic E-state index is 0.0544. The second-order valence-electron chi connectivity index (χ2n) is 8.89. The van der Waals surface area contributed by atoms with Crippen molar-refractivity contribution < 1.29 is 4.79 Å². The van der Waals surface area contributed by atoms with E-state index in [0.29, 0.717) is 18.8 Å². The highest BCUT2D eigenvalue weighted by molar-refractivity contribution is 5.96. The molecular weight excluding hydrogens is 410 g/mol. The van der Waals surface area contributed by atoms with Gasteiger partial charge in [-0.25, -0.2) is 9.97 Å². The molecule has 0 fully saturated rings. The lowest BCUT2D eigenvalue weighted by Crippen LogP contribution is -2.35. The zero-order valence-electron chi connectivity index (χ0n) is 18.6. The maximum Gasteiger partial charge on any atom is 0.274 e. The van der Waals surface area contributed by atoms with Crippen molar-refractivity contribution in [2.75, 3.05) is 13.1 Å². The number of aromatic amines is 1. The van der Waals surface area contributed by atoms with Gasteiger partial charge in [0.15, 0.2) is 0 Å². The summed E-state index contributed by atoms with van der Waals surface area (Å²) in [6.07, 6.45) is 11.2. The lowest BCUT2D eigenvalue weighted by Gasteiger charge is -2.26. The van der Waals surface area contributed by atoms with Crippen molar-refractivity contribution in [3.8, 4) is 11.4 Å². The third-order valence-electron chi connectivity index (χ3n) is 6.90. The van der Waals surface area contributed by atoms with Crippen LogP contribution in [0.3, 0.4) is 0 Å². The van der Waals surface area contributed by atoms with Gasteiger partial charge in [0.25, 0.3) is 5.91 Å². The lowest BCUT2D eigenvalue weighted by atomic mass is 9.99. The highest BCUT2D eigenvalue weighted by Crippen LogP contribution is 2.31. The van der Waals surface area contributed by atoms with E-state index >= 15 is 0 Å². The van der Waals surface area contributed by atoms with E-state index in [9.17, 15) is 4.79 Å². The minimum Gasteiger partial charge on any atom is -0.346 e. The smallest absolute Gasteiger partial charge is 0.274 e. The number of carbonyl (C=O) groups excluding carboxylic acids is 1. The summed E-state index contributed by atoms with van der Waals surface area (Å²) in [5.41, 5.74) is 6.19. The predicted molar refractivity (Wildman–Crippen MR) is 130 cm³/mol. The Morgan fingerprint density at radius 3 is 2.73 bits per heavy atom. The molecule has 33 heavy (non-hydrogen) atoms. The van der Waals surface area contributed by atoms with E-state index in [0.717, 1.165) is 60.3 Å². The molecular formula is C27H27N5O. The number of nitrogens with one attached hydrogen (secondary N) is 1. The number of hydrogen-bond donors (Lipinski definition) is 1. The van der Waals surface area contributed by atoms with Gasteiger partial charge >= 0.3 is 0 Å². The Kier molecular flexibility index (Phi) is 5.06. The molecule has 6 heteroatoms. The van der Waals surface area contributed by atoms with Crippen molar-refractivity contribution in [3.63, 3.8) is 0 Å². The van der Waals surface area contributed by atoms with Crippen LogP contribution in [-0.2, 0) is 13.0 Å². The first-order valence-electron chi connectivity index (χ1n) is 11.9. The summed E-state index contributed by atoms with van der Waals surface area (Å²) in [5.74, 6) is 0.981. The molecule has 0 saturated carbocycles. The third kappa shape index (κ3) is 3.55. The van der Waals surface area contributed by atoms with Crippen molar-refractivity contribution in [3.05, 3.63) is 77.9 Å². The SMILES string of the molecule is O=C(c1nc(-c2ccccc2)n2c1CCCCC2)N1CC=C(c2c[nH]c3ncccc23)CC1. The zero-order chi connectivity index (χ0) is 22.2. The molecule has 0 atom stereocenters. The molecule has 166 valence electrons. The van der Waals surface area contributed by atoms with E-state index in [1.165, 1.54) is 17.6 Å². The molecule has 2 aliphatic heterocycles. The van der Waals surface area contributed by atoms with Crippen LogP contribution in [0.15, 0.2) is 60.9 Å². The van der Waals surface area contributed by atoms with Gasteiger partial charge in [-0.2, -0.15) is 0 Å². The molecule has 6 rings (SSSR count). The maximum absolute atomic E-state index is 13.6. The minimum atomic E-state index is 0.0544. The van der Waals surface area contributed by atoms with Crippen LogP contribution in [-0.4, -0.2) is 43.4 Å². The number of nitrogens with zero attached hydrogens (tertiary/aromatic N) is 4. The largest absolute Gasteiger partial charge is 0.346 e. The number of benzene rings is 1. The molecule has 3 aromatic heterocycles. The highest BCUT2D eigenvalue weighted by atomic mass is 16.2. The fraction of sp³-hybridized carbons (Fsp3) is 0.296. The summed E-state index contributed by atoms with van der Waals surface area (Å²) in [7, 11) is 0. The Balaban J connectivity index is 1.30. The first kappa shape index (κ1) is 20.0. The van der Waals surface area contributed by atoms with Crippen LogP contribution in [0.25, 0.3) is 28.0 Å². The van der Waals surface area contributed by atoms with Crippen LogP contribution >= 0.6 is 0 Å². The van der Waals surface area contributed by atoms with E-state index in [4.69, 9.17) is 4.98 Å². The molecule has 0 spiro atoms. The number of amides is 1. The first-order valence-corrected chi connectivity index (χ1v) is 11.9. The molecule has 2 aliphatic rings. The molecule has 0 aliphatic carbocycles. The normalized spacial score (nSPS) is 16.4. The van der Waals surface area contributed by atoms with Gasteiger partial charge in [-0.15, -0.1) is 0 Å². The van der Waals surface area contributed by atoms with Crippen LogP contribution in [0.4, 0.5) is 0 Å². The number of pyridine rings is 1. The number of fused-ring (bicyclic) bond motifs is 2. The molecule has 6 nitrogen and oxygen atoms in total. The summed E-state index contributed by atoms with van der Waals surface area (Å²) in [6.45, 7) is 2.23. The Morgan fingerprint density at radius 1 is 0.970 bits per heavy atom. The monoisotopic (exact) mass is 437 g/mol. The van der Waals surface area contributed by atoms with E-state index in [2.05, 4.69) is 38.8 Å². The van der Waals surface area contributed by atoms with Gasteiger partial charge in [0.2, 0.25) is 0 Å². The van der Waals surface area contributed by atoms with Crippen LogP contribution in [0, 0.1) is 0 Å². The number of hydrogen-bond acceptors (Lipinski definition) is 3. The van der Waals surface area contributed by atoms with E-state index in [1.807, 2.05) is 35.4 Å². The fourth-order valence-electron chi connectivity index (χ4n) is 5.17.